The van der Waals surface area contributed by atoms with Gasteiger partial charge in [0.2, 0.25) is 10.2 Å². The Labute approximate surface area is 193 Å². The first-order valence-electron chi connectivity index (χ1n) is 10.4. The second-order valence-electron chi connectivity index (χ2n) is 7.78. The van der Waals surface area contributed by atoms with Gasteiger partial charge in [-0.3, -0.25) is 0 Å². The molecule has 1 fully saturated rings. The molecule has 0 aliphatic carbocycles. The molecule has 0 saturated carbocycles. The van der Waals surface area contributed by atoms with Crippen molar-refractivity contribution in [2.24, 2.45) is 0 Å². The summed E-state index contributed by atoms with van der Waals surface area (Å²) in [5.74, 6) is 0.0140. The summed E-state index contributed by atoms with van der Waals surface area (Å²) >= 11 is 0. The summed E-state index contributed by atoms with van der Waals surface area (Å²) in [5.41, 5.74) is 0.786. The van der Waals surface area contributed by atoms with E-state index in [1.807, 2.05) is 4.90 Å². The predicted molar refractivity (Wildman–Crippen MR) is 124 cm³/mol. The number of ether oxygens (including phenoxy) is 2. The summed E-state index contributed by atoms with van der Waals surface area (Å²) in [4.78, 5) is 24.6. The van der Waals surface area contributed by atoms with Gasteiger partial charge in [0.1, 0.15) is 17.9 Å². The number of morpholine rings is 1. The van der Waals surface area contributed by atoms with Crippen LogP contribution in [-0.2, 0) is 29.6 Å². The number of methoxy groups -OCH3 is 1. The number of carbonyl (C=O) groups excluding carboxylic acids is 1. The maximum atomic E-state index is 14.8. The summed E-state index contributed by atoms with van der Waals surface area (Å²) in [6, 6.07) is 5.47. The van der Waals surface area contributed by atoms with Crippen LogP contribution in [0, 0.1) is 5.82 Å². The average molecular weight is 483 g/mol. The van der Waals surface area contributed by atoms with Crippen LogP contribution < -0.4 is 10.2 Å². The number of likely N-dealkylation sites (N-methyl/N-ethyl adjacent to an activating group) is 1. The highest BCUT2D eigenvalue weighted by atomic mass is 32.3. The summed E-state index contributed by atoms with van der Waals surface area (Å²) < 4.78 is 46.9. The van der Waals surface area contributed by atoms with E-state index in [4.69, 9.17) is 9.47 Å². The van der Waals surface area contributed by atoms with E-state index in [0.29, 0.717) is 56.5 Å². The third-order valence-electron chi connectivity index (χ3n) is 4.96. The molecule has 2 heterocycles. The van der Waals surface area contributed by atoms with Gasteiger partial charge >= 0.3 is 6.03 Å². The molecule has 0 spiro atoms. The number of halogens is 1. The number of nitrogens with zero attached hydrogens (tertiary/aromatic N) is 4. The lowest BCUT2D eigenvalue weighted by molar-refractivity contribution is 0.122. The molecule has 2 aromatic rings. The molecule has 0 radical (unpaired) electrons. The molecule has 1 aliphatic heterocycles. The molecule has 1 atom stereocenters. The molecule has 180 valence electrons. The minimum absolute atomic E-state index is 0.0181. The Bertz CT molecular complexity index is 1030. The van der Waals surface area contributed by atoms with Crippen LogP contribution in [0.15, 0.2) is 24.3 Å². The van der Waals surface area contributed by atoms with Crippen LogP contribution in [-0.4, -0.2) is 85.3 Å². The number of hydrogen-bond donors (Lipinski definition) is 2. The van der Waals surface area contributed by atoms with E-state index in [1.165, 1.54) is 30.4 Å². The number of benzene rings is 1. The first-order chi connectivity index (χ1) is 15.7. The number of aromatic nitrogens is 2. The zero-order valence-corrected chi connectivity index (χ0v) is 19.7. The van der Waals surface area contributed by atoms with Gasteiger partial charge in [0.15, 0.2) is 11.6 Å². The maximum Gasteiger partial charge on any atom is 0.321 e. The normalized spacial score (nSPS) is 15.7. The highest BCUT2D eigenvalue weighted by Crippen LogP contribution is 2.26. The van der Waals surface area contributed by atoms with Crippen LogP contribution in [0.1, 0.15) is 5.69 Å². The molecular formula is C21H29FN5O5S+. The molecular weight excluding hydrogens is 453 g/mol. The average Bonchev–Trinajstić information content (AvgIpc) is 2.78. The van der Waals surface area contributed by atoms with E-state index in [-0.39, 0.29) is 17.3 Å². The Morgan fingerprint density at radius 2 is 2.06 bits per heavy atom. The quantitative estimate of drug-likeness (QED) is 0.551. The standard InChI is InChI=1S/C21H28FN5O5S/c1-26(6-9-31-2)21(28)24-18-5-4-15(12-17(18)22)20-23-16(14-33(3,29)30)13-19(25-20)27-7-10-32-11-8-27/h4-5,12-13H,6-11,14H2,1-3H3,(H-,23,24,25,28,29,30)/p+1. The largest absolute Gasteiger partial charge is 0.383 e. The Balaban J connectivity index is 1.87. The molecule has 2 N–H and O–H groups in total. The highest BCUT2D eigenvalue weighted by molar-refractivity contribution is 7.96. The summed E-state index contributed by atoms with van der Waals surface area (Å²) in [7, 11) is 0.0306. The molecule has 1 aromatic carbocycles. The molecule has 12 heteroatoms. The number of carbonyl (C=O) groups is 1. The number of anilines is 2. The third kappa shape index (κ3) is 7.16. The minimum atomic E-state index is -3.09. The SMILES string of the molecule is COCCN(C)C(=O)Nc1ccc(-c2nc(C[S+](C)(=O)O)cc(N3CCOCC3)n2)cc1F. The van der Waals surface area contributed by atoms with Gasteiger partial charge in [-0.05, 0) is 18.2 Å². The van der Waals surface area contributed by atoms with Crippen molar-refractivity contribution in [3.8, 4) is 11.4 Å². The second kappa shape index (κ2) is 11.0. The Kier molecular flexibility index (Phi) is 8.30. The highest BCUT2D eigenvalue weighted by Gasteiger charge is 2.23. The third-order valence-corrected chi connectivity index (χ3v) is 5.79. The molecule has 0 bridgehead atoms. The number of nitrogens with one attached hydrogen (secondary N) is 1. The lowest BCUT2D eigenvalue weighted by atomic mass is 10.1. The van der Waals surface area contributed by atoms with Crippen LogP contribution in [0.4, 0.5) is 20.7 Å². The smallest absolute Gasteiger partial charge is 0.321 e. The zero-order chi connectivity index (χ0) is 24.0. The van der Waals surface area contributed by atoms with Crippen molar-refractivity contribution in [1.29, 1.82) is 0 Å². The summed E-state index contributed by atoms with van der Waals surface area (Å²) in [5, 5.41) is 2.53. The van der Waals surface area contributed by atoms with Crippen molar-refractivity contribution in [3.63, 3.8) is 0 Å². The topological polar surface area (TPSA) is 117 Å². The van der Waals surface area contributed by atoms with E-state index in [2.05, 4.69) is 15.3 Å². The molecule has 10 nitrogen and oxygen atoms in total. The van der Waals surface area contributed by atoms with Gasteiger partial charge in [0.25, 0.3) is 0 Å². The molecule has 1 aromatic heterocycles. The molecule has 2 amide bonds. The van der Waals surface area contributed by atoms with E-state index in [0.717, 1.165) is 0 Å². The number of hydrogen-bond acceptors (Lipinski definition) is 7. The van der Waals surface area contributed by atoms with Gasteiger partial charge in [-0.2, -0.15) is 4.55 Å². The zero-order valence-electron chi connectivity index (χ0n) is 18.9. The maximum absolute atomic E-state index is 14.8. The minimum Gasteiger partial charge on any atom is -0.383 e. The summed E-state index contributed by atoms with van der Waals surface area (Å²) in [6.45, 7) is 3.04. The lowest BCUT2D eigenvalue weighted by Crippen LogP contribution is -2.37. The van der Waals surface area contributed by atoms with Crippen LogP contribution >= 0.6 is 0 Å². The predicted octanol–water partition coefficient (Wildman–Crippen LogP) is 2.33. The lowest BCUT2D eigenvalue weighted by Gasteiger charge is -2.28. The fourth-order valence-corrected chi connectivity index (χ4v) is 3.91. The molecule has 1 unspecified atom stereocenters. The first-order valence-corrected chi connectivity index (χ1v) is 12.5. The molecule has 1 aliphatic rings. The van der Waals surface area contributed by atoms with Crippen molar-refractivity contribution in [2.45, 2.75) is 5.75 Å². The van der Waals surface area contributed by atoms with Crippen molar-refractivity contribution >= 4 is 27.7 Å². The van der Waals surface area contributed by atoms with E-state index in [9.17, 15) is 17.9 Å². The van der Waals surface area contributed by atoms with E-state index in [1.54, 1.807) is 19.2 Å². The van der Waals surface area contributed by atoms with Gasteiger partial charge in [-0.15, -0.1) is 0 Å². The first kappa shape index (κ1) is 25.0. The Hall–Kier alpha value is -2.67. The van der Waals surface area contributed by atoms with Crippen LogP contribution in [0.2, 0.25) is 0 Å². The fourth-order valence-electron chi connectivity index (χ4n) is 3.21. The van der Waals surface area contributed by atoms with Crippen LogP contribution in [0.25, 0.3) is 11.4 Å². The fraction of sp³-hybridized carbons (Fsp3) is 0.476. The van der Waals surface area contributed by atoms with Crippen molar-refractivity contribution in [2.75, 3.05) is 70.1 Å². The van der Waals surface area contributed by atoms with E-state index < -0.39 is 22.1 Å². The summed E-state index contributed by atoms with van der Waals surface area (Å²) in [6.07, 6.45) is 1.24. The van der Waals surface area contributed by atoms with Crippen molar-refractivity contribution in [3.05, 3.63) is 35.8 Å². The molecule has 1 saturated heterocycles. The van der Waals surface area contributed by atoms with Crippen LogP contribution in [0.5, 0.6) is 0 Å². The Morgan fingerprint density at radius 3 is 2.70 bits per heavy atom. The number of rotatable bonds is 8. The molecule has 33 heavy (non-hydrogen) atoms. The van der Waals surface area contributed by atoms with Gasteiger partial charge in [0.05, 0.1) is 31.2 Å². The van der Waals surface area contributed by atoms with Gasteiger partial charge < -0.3 is 24.6 Å². The monoisotopic (exact) mass is 482 g/mol. The van der Waals surface area contributed by atoms with Gasteiger partial charge in [-0.25, -0.2) is 19.2 Å². The number of urea groups is 1. The number of amides is 2. The van der Waals surface area contributed by atoms with Gasteiger partial charge in [0, 0.05) is 45.4 Å². The second-order valence-corrected chi connectivity index (χ2v) is 9.99. The van der Waals surface area contributed by atoms with Crippen LogP contribution in [0.3, 0.4) is 0 Å². The molecule has 3 rings (SSSR count). The Morgan fingerprint density at radius 1 is 1.33 bits per heavy atom. The van der Waals surface area contributed by atoms with Gasteiger partial charge in [-0.1, -0.05) is 4.21 Å². The van der Waals surface area contributed by atoms with Crippen molar-refractivity contribution < 1.29 is 27.4 Å². The van der Waals surface area contributed by atoms with Crippen molar-refractivity contribution in [1.82, 2.24) is 14.9 Å². The van der Waals surface area contributed by atoms with E-state index >= 15 is 0 Å².